The highest BCUT2D eigenvalue weighted by molar-refractivity contribution is 6.31. The summed E-state index contributed by atoms with van der Waals surface area (Å²) < 4.78 is 0. The normalized spacial score (nSPS) is 20.2. The van der Waals surface area contributed by atoms with Gasteiger partial charge in [-0.15, -0.1) is 0 Å². The molecular weight excluding hydrogens is 486 g/mol. The Hall–Kier alpha value is -4.01. The molecule has 0 aliphatic heterocycles. The quantitative estimate of drug-likeness (QED) is 0.313. The van der Waals surface area contributed by atoms with E-state index < -0.39 is 57.5 Å². The zero-order chi connectivity index (χ0) is 25.9. The Labute approximate surface area is 210 Å². The van der Waals surface area contributed by atoms with Crippen LogP contribution < -0.4 is 5.32 Å². The summed E-state index contributed by atoms with van der Waals surface area (Å²) in [5, 5.41) is 36.4. The van der Waals surface area contributed by atoms with Crippen molar-refractivity contribution >= 4 is 34.9 Å². The number of aliphatic hydroxyl groups is 1. The number of phenols is 2. The van der Waals surface area contributed by atoms with Crippen LogP contribution in [-0.2, 0) is 11.2 Å². The van der Waals surface area contributed by atoms with Crippen LogP contribution in [0.5, 0.6) is 11.5 Å². The number of carbonyl (C=O) groups is 4. The van der Waals surface area contributed by atoms with E-state index in [0.29, 0.717) is 5.02 Å². The number of nitrogens with one attached hydrogen (secondary N) is 1. The van der Waals surface area contributed by atoms with Crippen molar-refractivity contribution in [1.29, 1.82) is 0 Å². The Balaban J connectivity index is 1.64. The smallest absolute Gasteiger partial charge is 0.252 e. The molecule has 8 nitrogen and oxygen atoms in total. The number of benzene rings is 3. The number of carbonyl (C=O) groups excluding carboxylic acids is 4. The Kier molecular flexibility index (Phi) is 5.46. The van der Waals surface area contributed by atoms with Crippen molar-refractivity contribution in [2.24, 2.45) is 0 Å². The number of amides is 1. The van der Waals surface area contributed by atoms with Gasteiger partial charge in [-0.05, 0) is 31.2 Å². The van der Waals surface area contributed by atoms with Crippen LogP contribution in [0, 0.1) is 0 Å². The fraction of sp³-hybridized carbons (Fsp3) is 0.185. The third-order valence-electron chi connectivity index (χ3n) is 6.95. The predicted molar refractivity (Wildman–Crippen MR) is 129 cm³/mol. The van der Waals surface area contributed by atoms with Crippen molar-refractivity contribution in [3.8, 4) is 11.5 Å². The van der Waals surface area contributed by atoms with E-state index >= 15 is 0 Å². The fourth-order valence-corrected chi connectivity index (χ4v) is 5.20. The fourth-order valence-electron chi connectivity index (χ4n) is 5.07. The van der Waals surface area contributed by atoms with Crippen molar-refractivity contribution in [2.75, 3.05) is 0 Å². The predicted octanol–water partition coefficient (Wildman–Crippen LogP) is 3.26. The van der Waals surface area contributed by atoms with E-state index in [1.165, 1.54) is 43.3 Å². The van der Waals surface area contributed by atoms with E-state index in [-0.39, 0.29) is 40.7 Å². The van der Waals surface area contributed by atoms with Crippen LogP contribution in [0.1, 0.15) is 72.8 Å². The van der Waals surface area contributed by atoms with Gasteiger partial charge in [-0.1, -0.05) is 35.9 Å². The number of ketones is 3. The van der Waals surface area contributed by atoms with Crippen LogP contribution in [0.15, 0.2) is 48.5 Å². The molecule has 2 aliphatic rings. The summed E-state index contributed by atoms with van der Waals surface area (Å²) in [5.74, 6) is -3.69. The van der Waals surface area contributed by atoms with Gasteiger partial charge in [0, 0.05) is 45.7 Å². The Morgan fingerprint density at radius 3 is 2.06 bits per heavy atom. The lowest BCUT2D eigenvalue weighted by Crippen LogP contribution is -2.57. The largest absolute Gasteiger partial charge is 0.507 e. The molecule has 0 fully saturated rings. The molecule has 3 aromatic rings. The highest BCUT2D eigenvalue weighted by atomic mass is 35.5. The van der Waals surface area contributed by atoms with Gasteiger partial charge in [-0.25, -0.2) is 0 Å². The van der Waals surface area contributed by atoms with Gasteiger partial charge in [-0.2, -0.15) is 0 Å². The molecule has 4 N–H and O–H groups in total. The lowest BCUT2D eigenvalue weighted by molar-refractivity contribution is -0.124. The molecule has 5 rings (SSSR count). The van der Waals surface area contributed by atoms with E-state index in [2.05, 4.69) is 5.32 Å². The molecule has 182 valence electrons. The van der Waals surface area contributed by atoms with Gasteiger partial charge >= 0.3 is 0 Å². The summed E-state index contributed by atoms with van der Waals surface area (Å²) in [5.41, 5.74) is -2.32. The lowest BCUT2D eigenvalue weighted by atomic mass is 9.70. The minimum atomic E-state index is -1.65. The molecular formula is C27H20ClNO7. The first-order valence-electron chi connectivity index (χ1n) is 11.1. The minimum absolute atomic E-state index is 0.0647. The number of halogens is 1. The van der Waals surface area contributed by atoms with Gasteiger partial charge in [-0.3, -0.25) is 19.2 Å². The summed E-state index contributed by atoms with van der Waals surface area (Å²) in [6.45, 7) is 1.24. The molecule has 0 radical (unpaired) electrons. The first kappa shape index (κ1) is 23.7. The number of Topliss-reactive ketones (excluding diaryl/α,β-unsaturated/α-hetero) is 1. The first-order chi connectivity index (χ1) is 17.1. The van der Waals surface area contributed by atoms with Crippen molar-refractivity contribution in [3.63, 3.8) is 0 Å². The third-order valence-corrected chi connectivity index (χ3v) is 7.20. The Morgan fingerprint density at radius 2 is 1.50 bits per heavy atom. The molecule has 2 unspecified atom stereocenters. The molecule has 0 saturated heterocycles. The highest BCUT2D eigenvalue weighted by Crippen LogP contribution is 2.50. The van der Waals surface area contributed by atoms with Crippen molar-refractivity contribution in [3.05, 3.63) is 92.5 Å². The minimum Gasteiger partial charge on any atom is -0.507 e. The van der Waals surface area contributed by atoms with Crippen molar-refractivity contribution < 1.29 is 34.5 Å². The van der Waals surface area contributed by atoms with Crippen LogP contribution in [0.4, 0.5) is 0 Å². The Morgan fingerprint density at radius 1 is 0.944 bits per heavy atom. The molecule has 0 spiro atoms. The number of fused-ring (bicyclic) bond motifs is 3. The van der Waals surface area contributed by atoms with Gasteiger partial charge in [0.15, 0.2) is 17.3 Å². The number of rotatable bonds is 3. The average molecular weight is 506 g/mol. The number of aromatic hydroxyl groups is 2. The van der Waals surface area contributed by atoms with Gasteiger partial charge in [0.1, 0.15) is 17.0 Å². The summed E-state index contributed by atoms with van der Waals surface area (Å²) >= 11 is 5.88. The second kappa shape index (κ2) is 8.29. The van der Waals surface area contributed by atoms with Crippen LogP contribution >= 0.6 is 11.6 Å². The standard InChI is InChI=1S/C27H20ClNO7/c1-12(30)27(29-26(36)13-6-8-14(28)9-7-13)10-17-19(18(31)11-27)25(35)21-20(24(17)34)22(32)15-4-2-3-5-16(15)23(21)33/h2-9,18,31,34-35H,10-11H2,1H3,(H,29,36). The van der Waals surface area contributed by atoms with E-state index in [4.69, 9.17) is 11.6 Å². The Bertz CT molecular complexity index is 1490. The van der Waals surface area contributed by atoms with E-state index in [1.807, 2.05) is 0 Å². The maximum absolute atomic E-state index is 13.2. The number of hydrogen-bond donors (Lipinski definition) is 4. The molecule has 9 heteroatoms. The summed E-state index contributed by atoms with van der Waals surface area (Å²) in [4.78, 5) is 52.2. The number of phenolic OH excluding ortho intramolecular Hbond substituents is 2. The van der Waals surface area contributed by atoms with E-state index in [1.54, 1.807) is 12.1 Å². The molecule has 2 atom stereocenters. The van der Waals surface area contributed by atoms with Crippen LogP contribution in [-0.4, -0.2) is 44.1 Å². The number of aliphatic hydroxyl groups excluding tert-OH is 1. The van der Waals surface area contributed by atoms with Gasteiger partial charge in [0.2, 0.25) is 0 Å². The zero-order valence-electron chi connectivity index (χ0n) is 19.0. The summed E-state index contributed by atoms with van der Waals surface area (Å²) in [7, 11) is 0. The monoisotopic (exact) mass is 505 g/mol. The maximum Gasteiger partial charge on any atom is 0.252 e. The summed E-state index contributed by atoms with van der Waals surface area (Å²) in [6.07, 6.45) is -2.16. The first-order valence-corrected chi connectivity index (χ1v) is 11.5. The topological polar surface area (TPSA) is 141 Å². The van der Waals surface area contributed by atoms with Crippen LogP contribution in [0.25, 0.3) is 0 Å². The van der Waals surface area contributed by atoms with Gasteiger partial charge in [0.05, 0.1) is 17.2 Å². The number of hydrogen-bond acceptors (Lipinski definition) is 7. The maximum atomic E-state index is 13.2. The molecule has 0 saturated carbocycles. The van der Waals surface area contributed by atoms with Crippen LogP contribution in [0.3, 0.4) is 0 Å². The van der Waals surface area contributed by atoms with Gasteiger partial charge in [0.25, 0.3) is 5.91 Å². The average Bonchev–Trinajstić information content (AvgIpc) is 2.84. The molecule has 36 heavy (non-hydrogen) atoms. The van der Waals surface area contributed by atoms with Crippen molar-refractivity contribution in [2.45, 2.75) is 31.4 Å². The molecule has 3 aromatic carbocycles. The molecule has 1 amide bonds. The second-order valence-corrected chi connectivity index (χ2v) is 9.48. The lowest BCUT2D eigenvalue weighted by Gasteiger charge is -2.40. The SMILES string of the molecule is CC(=O)C1(NC(=O)c2ccc(Cl)cc2)Cc2c(O)c3c(c(O)c2C(O)C1)C(=O)c1ccccc1C3=O. The van der Waals surface area contributed by atoms with E-state index in [9.17, 15) is 34.5 Å². The third kappa shape index (κ3) is 3.41. The van der Waals surface area contributed by atoms with E-state index in [0.717, 1.165) is 0 Å². The highest BCUT2D eigenvalue weighted by Gasteiger charge is 2.48. The molecule has 0 bridgehead atoms. The van der Waals surface area contributed by atoms with Crippen molar-refractivity contribution in [1.82, 2.24) is 5.32 Å². The summed E-state index contributed by atoms with van der Waals surface area (Å²) in [6, 6.07) is 12.0. The van der Waals surface area contributed by atoms with Gasteiger partial charge < -0.3 is 20.6 Å². The molecule has 0 heterocycles. The zero-order valence-corrected chi connectivity index (χ0v) is 19.7. The second-order valence-electron chi connectivity index (χ2n) is 9.04. The van der Waals surface area contributed by atoms with Crippen LogP contribution in [0.2, 0.25) is 5.02 Å². The molecule has 2 aliphatic carbocycles. The molecule has 0 aromatic heterocycles.